The number of benzene rings is 2. The molecule has 2 aromatic carbocycles. The first kappa shape index (κ1) is 17.9. The molecule has 0 spiro atoms. The number of methoxy groups -OCH3 is 1. The van der Waals surface area contributed by atoms with Gasteiger partial charge in [-0.05, 0) is 43.3 Å². The second-order valence-corrected chi connectivity index (χ2v) is 7.80. The van der Waals surface area contributed by atoms with E-state index in [-0.39, 0.29) is 0 Å². The van der Waals surface area contributed by atoms with Crippen molar-refractivity contribution in [2.24, 2.45) is 0 Å². The summed E-state index contributed by atoms with van der Waals surface area (Å²) in [5, 5.41) is 10.6. The zero-order chi connectivity index (χ0) is 20.0. The van der Waals surface area contributed by atoms with Crippen molar-refractivity contribution in [2.75, 3.05) is 7.11 Å². The van der Waals surface area contributed by atoms with Crippen LogP contribution in [0.1, 0.15) is 5.69 Å². The number of imidazole rings is 1. The van der Waals surface area contributed by atoms with Crippen LogP contribution in [0.5, 0.6) is 5.75 Å². The summed E-state index contributed by atoms with van der Waals surface area (Å²) in [5.41, 5.74) is 4.44. The van der Waals surface area contributed by atoms with E-state index in [4.69, 9.17) is 26.4 Å². The predicted octanol–water partition coefficient (Wildman–Crippen LogP) is 5.28. The molecule has 0 aliphatic rings. The Labute approximate surface area is 176 Å². The van der Waals surface area contributed by atoms with Crippen LogP contribution < -0.4 is 4.74 Å². The van der Waals surface area contributed by atoms with E-state index in [1.165, 1.54) is 11.3 Å². The molecule has 0 bridgehead atoms. The number of ether oxygens (including phenoxy) is 1. The number of halogens is 1. The van der Waals surface area contributed by atoms with Crippen molar-refractivity contribution in [3.63, 3.8) is 0 Å². The molecule has 0 fully saturated rings. The Hall–Kier alpha value is -3.16. The standard InChI is InChI=1S/C21H16ClN5OS/c1-13-18(19(22)27(24-13)15-6-4-3-5-7-15)20-25-26-12-17(23-21(26)29-20)14-8-10-16(28-2)11-9-14/h3-12H,1-2H3. The molecule has 8 heteroatoms. The molecule has 0 saturated carbocycles. The summed E-state index contributed by atoms with van der Waals surface area (Å²) in [6.07, 6.45) is 1.92. The van der Waals surface area contributed by atoms with Gasteiger partial charge in [0, 0.05) is 5.56 Å². The average molecular weight is 422 g/mol. The Morgan fingerprint density at radius 3 is 2.45 bits per heavy atom. The van der Waals surface area contributed by atoms with Crippen molar-refractivity contribution in [3.8, 4) is 33.3 Å². The van der Waals surface area contributed by atoms with Gasteiger partial charge in [0.05, 0.1) is 35.9 Å². The smallest absolute Gasteiger partial charge is 0.213 e. The van der Waals surface area contributed by atoms with Crippen molar-refractivity contribution in [1.82, 2.24) is 24.4 Å². The number of fused-ring (bicyclic) bond motifs is 1. The van der Waals surface area contributed by atoms with Gasteiger partial charge < -0.3 is 4.74 Å². The van der Waals surface area contributed by atoms with E-state index in [0.717, 1.165) is 43.9 Å². The number of aryl methyl sites for hydroxylation is 1. The van der Waals surface area contributed by atoms with Gasteiger partial charge in [0.1, 0.15) is 10.9 Å². The second-order valence-electron chi connectivity index (χ2n) is 6.49. The van der Waals surface area contributed by atoms with E-state index >= 15 is 0 Å². The van der Waals surface area contributed by atoms with Gasteiger partial charge in [-0.15, -0.1) is 0 Å². The van der Waals surface area contributed by atoms with E-state index in [2.05, 4.69) is 5.10 Å². The maximum atomic E-state index is 6.67. The highest BCUT2D eigenvalue weighted by Crippen LogP contribution is 2.36. The van der Waals surface area contributed by atoms with Crippen LogP contribution in [0.2, 0.25) is 5.15 Å². The minimum atomic E-state index is 0.543. The Bertz CT molecular complexity index is 1270. The predicted molar refractivity (Wildman–Crippen MR) is 115 cm³/mol. The highest BCUT2D eigenvalue weighted by atomic mass is 35.5. The van der Waals surface area contributed by atoms with E-state index in [9.17, 15) is 0 Å². The molecule has 144 valence electrons. The molecule has 0 N–H and O–H groups in total. The molecule has 5 rings (SSSR count). The second kappa shape index (κ2) is 7.02. The van der Waals surface area contributed by atoms with Gasteiger partial charge in [-0.1, -0.05) is 41.1 Å². The molecule has 0 amide bonds. The van der Waals surface area contributed by atoms with Crippen LogP contribution >= 0.6 is 22.9 Å². The lowest BCUT2D eigenvalue weighted by Crippen LogP contribution is -1.95. The number of nitrogens with zero attached hydrogens (tertiary/aromatic N) is 5. The lowest BCUT2D eigenvalue weighted by molar-refractivity contribution is 0.415. The molecule has 3 aromatic heterocycles. The molecule has 0 unspecified atom stereocenters. The maximum absolute atomic E-state index is 6.67. The van der Waals surface area contributed by atoms with Crippen LogP contribution in [0, 0.1) is 6.92 Å². The zero-order valence-corrected chi connectivity index (χ0v) is 17.3. The molecular weight excluding hydrogens is 406 g/mol. The Balaban J connectivity index is 1.53. The lowest BCUT2D eigenvalue weighted by Gasteiger charge is -2.02. The Morgan fingerprint density at radius 2 is 1.76 bits per heavy atom. The summed E-state index contributed by atoms with van der Waals surface area (Å²) in [6, 6.07) is 17.6. The summed E-state index contributed by atoms with van der Waals surface area (Å²) < 4.78 is 8.74. The highest BCUT2D eigenvalue weighted by Gasteiger charge is 2.21. The summed E-state index contributed by atoms with van der Waals surface area (Å²) >= 11 is 8.16. The van der Waals surface area contributed by atoms with E-state index in [1.54, 1.807) is 16.3 Å². The van der Waals surface area contributed by atoms with Gasteiger partial charge in [0.25, 0.3) is 0 Å². The van der Waals surface area contributed by atoms with Crippen molar-refractivity contribution in [2.45, 2.75) is 6.92 Å². The molecular formula is C21H16ClN5OS. The van der Waals surface area contributed by atoms with Crippen molar-refractivity contribution in [3.05, 3.63) is 71.6 Å². The number of aromatic nitrogens is 5. The van der Waals surface area contributed by atoms with Crippen LogP contribution in [0.25, 0.3) is 32.5 Å². The largest absolute Gasteiger partial charge is 0.497 e. The molecule has 3 heterocycles. The van der Waals surface area contributed by atoms with Gasteiger partial charge in [0.15, 0.2) is 5.01 Å². The third-order valence-electron chi connectivity index (χ3n) is 4.65. The first-order valence-electron chi connectivity index (χ1n) is 8.95. The van der Waals surface area contributed by atoms with Crippen LogP contribution in [0.3, 0.4) is 0 Å². The lowest BCUT2D eigenvalue weighted by atomic mass is 10.2. The van der Waals surface area contributed by atoms with E-state index in [0.29, 0.717) is 5.15 Å². The number of hydrogen-bond donors (Lipinski definition) is 0. The Kier molecular flexibility index (Phi) is 4.34. The van der Waals surface area contributed by atoms with Crippen molar-refractivity contribution >= 4 is 27.9 Å². The van der Waals surface area contributed by atoms with Crippen LogP contribution in [-0.2, 0) is 0 Å². The quantitative estimate of drug-likeness (QED) is 0.396. The molecule has 0 aliphatic carbocycles. The third kappa shape index (κ3) is 3.08. The summed E-state index contributed by atoms with van der Waals surface area (Å²) in [5.74, 6) is 0.815. The van der Waals surface area contributed by atoms with Crippen LogP contribution in [-0.4, -0.2) is 31.5 Å². The summed E-state index contributed by atoms with van der Waals surface area (Å²) in [6.45, 7) is 1.94. The number of hydrogen-bond acceptors (Lipinski definition) is 5. The molecule has 0 aliphatic heterocycles. The van der Waals surface area contributed by atoms with Crippen molar-refractivity contribution in [1.29, 1.82) is 0 Å². The van der Waals surface area contributed by atoms with Gasteiger partial charge in [-0.2, -0.15) is 10.2 Å². The topological polar surface area (TPSA) is 57.2 Å². The third-order valence-corrected chi connectivity index (χ3v) is 5.94. The SMILES string of the molecule is COc1ccc(-c2cn3nc(-c4c(C)nn(-c5ccccc5)c4Cl)sc3n2)cc1. The molecule has 6 nitrogen and oxygen atoms in total. The highest BCUT2D eigenvalue weighted by molar-refractivity contribution is 7.20. The zero-order valence-electron chi connectivity index (χ0n) is 15.7. The molecule has 29 heavy (non-hydrogen) atoms. The molecule has 5 aromatic rings. The maximum Gasteiger partial charge on any atom is 0.213 e. The monoisotopic (exact) mass is 421 g/mol. The molecule has 0 radical (unpaired) electrons. The van der Waals surface area contributed by atoms with Crippen LogP contribution in [0.15, 0.2) is 60.8 Å². The first-order valence-corrected chi connectivity index (χ1v) is 10.1. The fraction of sp³-hybridized carbons (Fsp3) is 0.0952. The Morgan fingerprint density at radius 1 is 1.00 bits per heavy atom. The minimum absolute atomic E-state index is 0.543. The van der Waals surface area contributed by atoms with Crippen LogP contribution in [0.4, 0.5) is 0 Å². The number of para-hydroxylation sites is 1. The van der Waals surface area contributed by atoms with Gasteiger partial charge in [-0.25, -0.2) is 14.2 Å². The number of rotatable bonds is 4. The van der Waals surface area contributed by atoms with E-state index in [1.807, 2.05) is 67.7 Å². The average Bonchev–Trinajstić information content (AvgIpc) is 3.40. The molecule has 0 saturated heterocycles. The van der Waals surface area contributed by atoms with Crippen molar-refractivity contribution < 1.29 is 4.74 Å². The summed E-state index contributed by atoms with van der Waals surface area (Å²) in [7, 11) is 1.65. The summed E-state index contributed by atoms with van der Waals surface area (Å²) in [4.78, 5) is 5.52. The van der Waals surface area contributed by atoms with Gasteiger partial charge >= 0.3 is 0 Å². The molecule has 0 atom stereocenters. The van der Waals surface area contributed by atoms with Gasteiger partial charge in [-0.3, -0.25) is 0 Å². The fourth-order valence-electron chi connectivity index (χ4n) is 3.18. The first-order chi connectivity index (χ1) is 14.1. The normalized spacial score (nSPS) is 11.3. The van der Waals surface area contributed by atoms with E-state index < -0.39 is 0 Å². The van der Waals surface area contributed by atoms with Gasteiger partial charge in [0.2, 0.25) is 4.96 Å². The fourth-order valence-corrected chi connectivity index (χ4v) is 4.58. The minimum Gasteiger partial charge on any atom is -0.497 e.